The van der Waals surface area contributed by atoms with Gasteiger partial charge in [-0.1, -0.05) is 49.3 Å². The third kappa shape index (κ3) is 3.24. The van der Waals surface area contributed by atoms with Crippen molar-refractivity contribution >= 4 is 11.5 Å². The van der Waals surface area contributed by atoms with Gasteiger partial charge >= 0.3 is 5.56 Å². The average Bonchev–Trinajstić information content (AvgIpc) is 3.19. The molecule has 1 amide bonds. The number of carbonyl (C=O) groups is 1. The number of benzene rings is 1. The molecule has 2 aliphatic rings. The third-order valence-electron chi connectivity index (χ3n) is 6.89. The lowest BCUT2D eigenvalue weighted by Gasteiger charge is -2.36. The van der Waals surface area contributed by atoms with Crippen LogP contribution >= 0.6 is 0 Å². The number of fused-ring (bicyclic) bond motifs is 1. The smallest absolute Gasteiger partial charge is 0.315 e. The minimum atomic E-state index is -0.726. The molecule has 6 heteroatoms. The molecule has 6 nitrogen and oxygen atoms in total. The summed E-state index contributed by atoms with van der Waals surface area (Å²) >= 11 is 0. The number of amides is 1. The first kappa shape index (κ1) is 20.4. The van der Waals surface area contributed by atoms with Crippen LogP contribution in [0.2, 0.25) is 0 Å². The minimum Gasteiger partial charge on any atom is -0.501 e. The van der Waals surface area contributed by atoms with Gasteiger partial charge in [-0.3, -0.25) is 9.59 Å². The van der Waals surface area contributed by atoms with Crippen LogP contribution in [0, 0.1) is 0 Å². The molecule has 1 aliphatic heterocycles. The molecule has 0 saturated heterocycles. The zero-order chi connectivity index (χ0) is 21.6. The van der Waals surface area contributed by atoms with Gasteiger partial charge in [0.1, 0.15) is 5.82 Å². The summed E-state index contributed by atoms with van der Waals surface area (Å²) in [5, 5.41) is 10.3. The van der Waals surface area contributed by atoms with Crippen LogP contribution in [0.4, 0.5) is 0 Å². The van der Waals surface area contributed by atoms with E-state index in [0.717, 1.165) is 36.8 Å². The van der Waals surface area contributed by atoms with Crippen molar-refractivity contribution in [1.82, 2.24) is 14.5 Å². The molecule has 1 saturated carbocycles. The van der Waals surface area contributed by atoms with E-state index < -0.39 is 11.3 Å². The van der Waals surface area contributed by atoms with Crippen LogP contribution in [0.25, 0.3) is 5.57 Å². The SMILES string of the molecule is C=C(C)c1cccc(C2(Cc3nc(=O)c(O)c4n3C[C@H](C)N(C)C4=O)CCCC2)c1. The van der Waals surface area contributed by atoms with Crippen LogP contribution < -0.4 is 5.56 Å². The van der Waals surface area contributed by atoms with Crippen molar-refractivity contribution in [2.24, 2.45) is 0 Å². The van der Waals surface area contributed by atoms with Gasteiger partial charge < -0.3 is 14.6 Å². The zero-order valence-electron chi connectivity index (χ0n) is 17.9. The van der Waals surface area contributed by atoms with E-state index in [2.05, 4.69) is 35.8 Å². The second-order valence-electron chi connectivity index (χ2n) is 8.93. The Balaban J connectivity index is 1.84. The van der Waals surface area contributed by atoms with Crippen molar-refractivity contribution < 1.29 is 9.90 Å². The first-order valence-electron chi connectivity index (χ1n) is 10.6. The van der Waals surface area contributed by atoms with E-state index in [1.54, 1.807) is 16.5 Å². The number of hydrogen-bond donors (Lipinski definition) is 1. The van der Waals surface area contributed by atoms with Crippen molar-refractivity contribution in [2.75, 3.05) is 7.05 Å². The van der Waals surface area contributed by atoms with E-state index in [0.29, 0.717) is 18.8 Å². The second kappa shape index (κ2) is 7.42. The molecule has 1 aliphatic carbocycles. The van der Waals surface area contributed by atoms with E-state index in [1.807, 2.05) is 13.8 Å². The number of carbonyl (C=O) groups excluding carboxylic acids is 1. The minimum absolute atomic E-state index is 0.0428. The monoisotopic (exact) mass is 407 g/mol. The van der Waals surface area contributed by atoms with Crippen LogP contribution in [-0.2, 0) is 18.4 Å². The largest absolute Gasteiger partial charge is 0.501 e. The quantitative estimate of drug-likeness (QED) is 0.842. The summed E-state index contributed by atoms with van der Waals surface area (Å²) < 4.78 is 1.77. The van der Waals surface area contributed by atoms with Crippen molar-refractivity contribution in [2.45, 2.75) is 64.0 Å². The molecule has 158 valence electrons. The lowest BCUT2D eigenvalue weighted by atomic mass is 9.75. The Morgan fingerprint density at radius 2 is 2.00 bits per heavy atom. The van der Waals surface area contributed by atoms with Crippen molar-refractivity contribution in [3.63, 3.8) is 0 Å². The maximum atomic E-state index is 12.8. The fraction of sp³-hybridized carbons (Fsp3) is 0.458. The summed E-state index contributed by atoms with van der Waals surface area (Å²) in [5.74, 6) is -0.298. The molecule has 2 aromatic rings. The first-order chi connectivity index (χ1) is 14.2. The van der Waals surface area contributed by atoms with Gasteiger partial charge in [-0.25, -0.2) is 0 Å². The molecule has 1 aromatic heterocycles. The maximum Gasteiger partial charge on any atom is 0.315 e. The van der Waals surface area contributed by atoms with E-state index in [1.165, 1.54) is 5.56 Å². The Bertz CT molecular complexity index is 1080. The van der Waals surface area contributed by atoms with E-state index in [-0.39, 0.29) is 23.1 Å². The third-order valence-corrected chi connectivity index (χ3v) is 6.89. The van der Waals surface area contributed by atoms with Gasteiger partial charge in [-0.15, -0.1) is 0 Å². The summed E-state index contributed by atoms with van der Waals surface area (Å²) in [7, 11) is 1.70. The predicted molar refractivity (Wildman–Crippen MR) is 117 cm³/mol. The predicted octanol–water partition coefficient (Wildman–Crippen LogP) is 3.51. The highest BCUT2D eigenvalue weighted by Gasteiger charge is 2.39. The Morgan fingerprint density at radius 3 is 2.67 bits per heavy atom. The number of hydrogen-bond acceptors (Lipinski definition) is 4. The van der Waals surface area contributed by atoms with Gasteiger partial charge in [-0.2, -0.15) is 4.98 Å². The van der Waals surface area contributed by atoms with Gasteiger partial charge in [0, 0.05) is 31.5 Å². The topological polar surface area (TPSA) is 75.4 Å². The molecule has 1 aromatic carbocycles. The van der Waals surface area contributed by atoms with E-state index >= 15 is 0 Å². The highest BCUT2D eigenvalue weighted by atomic mass is 16.3. The highest BCUT2D eigenvalue weighted by Crippen LogP contribution is 2.44. The molecule has 1 fully saturated rings. The number of aromatic nitrogens is 2. The maximum absolute atomic E-state index is 12.8. The Labute approximate surface area is 176 Å². The fourth-order valence-corrected chi connectivity index (χ4v) is 4.93. The molecular weight excluding hydrogens is 378 g/mol. The molecule has 0 radical (unpaired) electrons. The van der Waals surface area contributed by atoms with Gasteiger partial charge in [0.2, 0.25) is 5.75 Å². The Morgan fingerprint density at radius 1 is 1.30 bits per heavy atom. The molecule has 0 bridgehead atoms. The summed E-state index contributed by atoms with van der Waals surface area (Å²) in [6.07, 6.45) is 4.80. The Kier molecular flexibility index (Phi) is 5.04. The summed E-state index contributed by atoms with van der Waals surface area (Å²) in [6, 6.07) is 8.43. The van der Waals surface area contributed by atoms with Crippen molar-refractivity contribution in [1.29, 1.82) is 0 Å². The van der Waals surface area contributed by atoms with Gasteiger partial charge in [0.15, 0.2) is 5.69 Å². The van der Waals surface area contributed by atoms with Crippen LogP contribution in [0.15, 0.2) is 35.6 Å². The number of rotatable bonds is 4. The van der Waals surface area contributed by atoms with E-state index in [9.17, 15) is 14.7 Å². The van der Waals surface area contributed by atoms with Gasteiger partial charge in [0.25, 0.3) is 5.91 Å². The molecule has 0 unspecified atom stereocenters. The van der Waals surface area contributed by atoms with Gasteiger partial charge in [0.05, 0.1) is 0 Å². The Hall–Kier alpha value is -2.89. The van der Waals surface area contributed by atoms with Crippen LogP contribution in [-0.4, -0.2) is 38.6 Å². The van der Waals surface area contributed by atoms with E-state index in [4.69, 9.17) is 0 Å². The standard InChI is InChI=1S/C24H29N3O3/c1-15(2)17-8-7-9-18(12-17)24(10-5-6-11-24)13-19-25-22(29)21(28)20-23(30)26(4)16(3)14-27(19)20/h7-9,12,16,28H,1,5-6,10-11,13-14H2,2-4H3/t16-/m0/s1. The molecule has 0 spiro atoms. The number of likely N-dealkylation sites (N-methyl/N-ethyl adjacent to an activating group) is 1. The zero-order valence-corrected chi connectivity index (χ0v) is 17.9. The lowest BCUT2D eigenvalue weighted by Crippen LogP contribution is -2.47. The molecule has 4 rings (SSSR count). The van der Waals surface area contributed by atoms with Gasteiger partial charge in [-0.05, 0) is 37.8 Å². The highest BCUT2D eigenvalue weighted by molar-refractivity contribution is 5.95. The summed E-state index contributed by atoms with van der Waals surface area (Å²) in [4.78, 5) is 31.1. The van der Waals surface area contributed by atoms with Crippen LogP contribution in [0.3, 0.4) is 0 Å². The van der Waals surface area contributed by atoms with Crippen LogP contribution in [0.1, 0.15) is 67.0 Å². The van der Waals surface area contributed by atoms with Crippen molar-refractivity contribution in [3.8, 4) is 5.75 Å². The normalized spacial score (nSPS) is 20.3. The second-order valence-corrected chi connectivity index (χ2v) is 8.93. The average molecular weight is 408 g/mol. The van der Waals surface area contributed by atoms with Crippen molar-refractivity contribution in [3.05, 3.63) is 63.8 Å². The number of nitrogens with zero attached hydrogens (tertiary/aromatic N) is 3. The number of aromatic hydroxyl groups is 1. The molecule has 1 atom stereocenters. The lowest BCUT2D eigenvalue weighted by molar-refractivity contribution is 0.0660. The molecule has 1 N–H and O–H groups in total. The molecule has 30 heavy (non-hydrogen) atoms. The number of allylic oxidation sites excluding steroid dienone is 1. The summed E-state index contributed by atoms with van der Waals surface area (Å²) in [5.41, 5.74) is 2.55. The first-order valence-corrected chi connectivity index (χ1v) is 10.6. The van der Waals surface area contributed by atoms with Crippen LogP contribution in [0.5, 0.6) is 5.75 Å². The fourth-order valence-electron chi connectivity index (χ4n) is 4.93. The molecular formula is C24H29N3O3. The molecule has 2 heterocycles. The summed E-state index contributed by atoms with van der Waals surface area (Å²) in [6.45, 7) is 8.55.